The van der Waals surface area contributed by atoms with Crippen molar-refractivity contribution in [3.8, 4) is 0 Å². The zero-order valence-electron chi connectivity index (χ0n) is 11.4. The summed E-state index contributed by atoms with van der Waals surface area (Å²) in [7, 11) is 2.26. The highest BCUT2D eigenvalue weighted by Crippen LogP contribution is 2.36. The smallest absolute Gasteiger partial charge is 0.0337 e. The molecule has 2 nitrogen and oxygen atoms in total. The molecular weight excluding hydrogens is 228 g/mol. The molecule has 0 bridgehead atoms. The minimum Gasteiger partial charge on any atom is -0.326 e. The van der Waals surface area contributed by atoms with Gasteiger partial charge in [-0.3, -0.25) is 0 Å². The van der Waals surface area contributed by atoms with Crippen LogP contribution in [0, 0.1) is 11.8 Å². The summed E-state index contributed by atoms with van der Waals surface area (Å²) in [6.07, 6.45) is 6.94. The molecule has 0 aromatic rings. The van der Waals surface area contributed by atoms with E-state index in [0.29, 0.717) is 12.1 Å². The van der Waals surface area contributed by atoms with Crippen molar-refractivity contribution in [2.45, 2.75) is 51.1 Å². The summed E-state index contributed by atoms with van der Waals surface area (Å²) < 4.78 is 0. The number of thioether (sulfide) groups is 1. The minimum absolute atomic E-state index is 0.401. The molecule has 1 heterocycles. The first-order valence-electron chi connectivity index (χ1n) is 7.27. The van der Waals surface area contributed by atoms with E-state index in [-0.39, 0.29) is 0 Å². The van der Waals surface area contributed by atoms with Crippen LogP contribution in [0.2, 0.25) is 0 Å². The third-order valence-corrected chi connectivity index (χ3v) is 5.92. The largest absolute Gasteiger partial charge is 0.326 e. The van der Waals surface area contributed by atoms with Crippen LogP contribution in [-0.4, -0.2) is 42.1 Å². The fourth-order valence-electron chi connectivity index (χ4n) is 3.65. The van der Waals surface area contributed by atoms with Crippen LogP contribution in [-0.2, 0) is 0 Å². The van der Waals surface area contributed by atoms with Gasteiger partial charge in [0, 0.05) is 30.1 Å². The molecule has 0 aromatic carbocycles. The highest BCUT2D eigenvalue weighted by Gasteiger charge is 2.35. The van der Waals surface area contributed by atoms with Crippen LogP contribution in [0.1, 0.15) is 39.0 Å². The molecule has 1 saturated carbocycles. The lowest BCUT2D eigenvalue weighted by Gasteiger charge is -2.43. The van der Waals surface area contributed by atoms with Crippen LogP contribution in [0.15, 0.2) is 0 Å². The predicted octanol–water partition coefficient (Wildman–Crippen LogP) is 2.58. The van der Waals surface area contributed by atoms with Gasteiger partial charge in [0.1, 0.15) is 0 Å². The van der Waals surface area contributed by atoms with E-state index < -0.39 is 0 Å². The highest BCUT2D eigenvalue weighted by molar-refractivity contribution is 7.99. The number of hydrogen-bond donors (Lipinski definition) is 1. The van der Waals surface area contributed by atoms with Crippen LogP contribution in [0.5, 0.6) is 0 Å². The van der Waals surface area contributed by atoms with E-state index in [9.17, 15) is 0 Å². The lowest BCUT2D eigenvalue weighted by atomic mass is 9.72. The number of likely N-dealkylation sites (N-methyl/N-ethyl adjacent to an activating group) is 1. The number of nitrogens with two attached hydrogens (primary N) is 1. The van der Waals surface area contributed by atoms with Crippen LogP contribution in [0.4, 0.5) is 0 Å². The first-order chi connectivity index (χ1) is 8.24. The maximum Gasteiger partial charge on any atom is 0.0337 e. The van der Waals surface area contributed by atoms with Crippen molar-refractivity contribution in [2.75, 3.05) is 25.1 Å². The Morgan fingerprint density at radius 1 is 1.35 bits per heavy atom. The summed E-state index contributed by atoms with van der Waals surface area (Å²) in [5, 5.41) is 0. The molecule has 3 heteroatoms. The molecule has 2 aliphatic rings. The third-order valence-electron chi connectivity index (χ3n) is 4.87. The minimum atomic E-state index is 0.401. The Labute approximate surface area is 111 Å². The van der Waals surface area contributed by atoms with Gasteiger partial charge in [-0.1, -0.05) is 32.6 Å². The van der Waals surface area contributed by atoms with Crippen molar-refractivity contribution in [2.24, 2.45) is 17.6 Å². The van der Waals surface area contributed by atoms with E-state index in [0.717, 1.165) is 11.8 Å². The number of hydrogen-bond acceptors (Lipinski definition) is 3. The average molecular weight is 256 g/mol. The van der Waals surface area contributed by atoms with E-state index in [1.165, 1.54) is 50.2 Å². The molecule has 100 valence electrons. The summed E-state index contributed by atoms with van der Waals surface area (Å²) in [5.41, 5.74) is 6.62. The second-order valence-electron chi connectivity index (χ2n) is 5.82. The average Bonchev–Trinajstić information content (AvgIpc) is 2.38. The van der Waals surface area contributed by atoms with Gasteiger partial charge >= 0.3 is 0 Å². The molecule has 0 aromatic heterocycles. The quantitative estimate of drug-likeness (QED) is 0.841. The molecule has 2 N–H and O–H groups in total. The van der Waals surface area contributed by atoms with E-state index >= 15 is 0 Å². The molecule has 1 saturated heterocycles. The SMILES string of the molecule is CCC1CCCCC1C(N)C1CSCCN1C. The van der Waals surface area contributed by atoms with Crippen molar-refractivity contribution in [1.29, 1.82) is 0 Å². The Kier molecular flexibility index (Phi) is 5.19. The van der Waals surface area contributed by atoms with Crippen molar-refractivity contribution in [3.63, 3.8) is 0 Å². The molecule has 1 aliphatic heterocycles. The number of rotatable bonds is 3. The van der Waals surface area contributed by atoms with Crippen LogP contribution < -0.4 is 5.73 Å². The molecule has 0 radical (unpaired) electrons. The summed E-state index contributed by atoms with van der Waals surface area (Å²) >= 11 is 2.09. The van der Waals surface area contributed by atoms with Crippen LogP contribution >= 0.6 is 11.8 Å². The van der Waals surface area contributed by atoms with Gasteiger partial charge in [0.15, 0.2) is 0 Å². The van der Waals surface area contributed by atoms with Crippen LogP contribution in [0.3, 0.4) is 0 Å². The van der Waals surface area contributed by atoms with E-state index in [2.05, 4.69) is 30.6 Å². The lowest BCUT2D eigenvalue weighted by molar-refractivity contribution is 0.130. The fourth-order valence-corrected chi connectivity index (χ4v) is 4.95. The van der Waals surface area contributed by atoms with Gasteiger partial charge in [-0.15, -0.1) is 0 Å². The first-order valence-corrected chi connectivity index (χ1v) is 8.43. The summed E-state index contributed by atoms with van der Waals surface area (Å²) in [4.78, 5) is 2.50. The van der Waals surface area contributed by atoms with Gasteiger partial charge in [-0.2, -0.15) is 11.8 Å². The maximum absolute atomic E-state index is 6.62. The second kappa shape index (κ2) is 6.44. The highest BCUT2D eigenvalue weighted by atomic mass is 32.2. The molecule has 0 spiro atoms. The Morgan fingerprint density at radius 3 is 2.82 bits per heavy atom. The molecule has 2 rings (SSSR count). The van der Waals surface area contributed by atoms with Crippen molar-refractivity contribution < 1.29 is 0 Å². The number of nitrogens with zero attached hydrogens (tertiary/aromatic N) is 1. The van der Waals surface area contributed by atoms with Gasteiger partial charge in [0.2, 0.25) is 0 Å². The van der Waals surface area contributed by atoms with Crippen molar-refractivity contribution in [3.05, 3.63) is 0 Å². The second-order valence-corrected chi connectivity index (χ2v) is 6.97. The normalized spacial score (nSPS) is 37.9. The molecule has 4 unspecified atom stereocenters. The Balaban J connectivity index is 1.98. The lowest BCUT2D eigenvalue weighted by Crippen LogP contribution is -2.55. The Morgan fingerprint density at radius 2 is 2.12 bits per heavy atom. The van der Waals surface area contributed by atoms with Crippen molar-refractivity contribution >= 4 is 11.8 Å². The van der Waals surface area contributed by atoms with Gasteiger partial charge < -0.3 is 10.6 Å². The zero-order chi connectivity index (χ0) is 12.3. The maximum atomic E-state index is 6.62. The molecule has 2 fully saturated rings. The van der Waals surface area contributed by atoms with Crippen molar-refractivity contribution in [1.82, 2.24) is 4.90 Å². The van der Waals surface area contributed by atoms with Crippen LogP contribution in [0.25, 0.3) is 0 Å². The fraction of sp³-hybridized carbons (Fsp3) is 1.00. The van der Waals surface area contributed by atoms with E-state index in [1.807, 2.05) is 0 Å². The zero-order valence-corrected chi connectivity index (χ0v) is 12.2. The van der Waals surface area contributed by atoms with Gasteiger partial charge in [0.25, 0.3) is 0 Å². The molecular formula is C14H28N2S. The van der Waals surface area contributed by atoms with Gasteiger partial charge in [0.05, 0.1) is 0 Å². The van der Waals surface area contributed by atoms with E-state index in [4.69, 9.17) is 5.73 Å². The Hall–Kier alpha value is 0.270. The van der Waals surface area contributed by atoms with E-state index in [1.54, 1.807) is 0 Å². The summed E-state index contributed by atoms with van der Waals surface area (Å²) in [5.74, 6) is 4.19. The Bertz CT molecular complexity index is 234. The first kappa shape index (κ1) is 13.7. The molecule has 4 atom stereocenters. The molecule has 1 aliphatic carbocycles. The summed E-state index contributed by atoms with van der Waals surface area (Å²) in [6.45, 7) is 3.56. The standard InChI is InChI=1S/C14H28N2S/c1-3-11-6-4-5-7-12(11)14(15)13-10-17-9-8-16(13)2/h11-14H,3-10,15H2,1-2H3. The topological polar surface area (TPSA) is 29.3 Å². The molecule has 0 amide bonds. The van der Waals surface area contributed by atoms with Gasteiger partial charge in [-0.05, 0) is 25.3 Å². The van der Waals surface area contributed by atoms with Gasteiger partial charge in [-0.25, -0.2) is 0 Å². The monoisotopic (exact) mass is 256 g/mol. The molecule has 17 heavy (non-hydrogen) atoms. The predicted molar refractivity (Wildman–Crippen MR) is 77.5 cm³/mol. The summed E-state index contributed by atoms with van der Waals surface area (Å²) in [6, 6.07) is 1.02. The third kappa shape index (κ3) is 3.18.